The van der Waals surface area contributed by atoms with Gasteiger partial charge in [-0.05, 0) is 31.6 Å². The number of likely N-dealkylation sites (tertiary alicyclic amines) is 1. The number of hydrogen-bond donors (Lipinski definition) is 0. The highest BCUT2D eigenvalue weighted by Gasteiger charge is 2.60. The molecule has 4 nitrogen and oxygen atoms in total. The second-order valence-corrected chi connectivity index (χ2v) is 7.37. The monoisotopic (exact) mass is 291 g/mol. The lowest BCUT2D eigenvalue weighted by Crippen LogP contribution is -2.46. The van der Waals surface area contributed by atoms with Crippen molar-refractivity contribution in [3.8, 4) is 0 Å². The van der Waals surface area contributed by atoms with E-state index in [1.165, 1.54) is 13.0 Å². The van der Waals surface area contributed by atoms with E-state index < -0.39 is 5.54 Å². The molecule has 3 atom stereocenters. The van der Waals surface area contributed by atoms with Crippen LogP contribution in [0.5, 0.6) is 0 Å². The van der Waals surface area contributed by atoms with E-state index in [-0.39, 0.29) is 0 Å². The first-order valence-corrected chi connectivity index (χ1v) is 8.64. The maximum atomic E-state index is 13.0. The predicted octanol–water partition coefficient (Wildman–Crippen LogP) is 2.39. The van der Waals surface area contributed by atoms with Gasteiger partial charge < -0.3 is 4.90 Å². The van der Waals surface area contributed by atoms with Crippen LogP contribution in [0.3, 0.4) is 0 Å². The van der Waals surface area contributed by atoms with E-state index in [1.807, 2.05) is 4.90 Å². The number of fused-ring (bicyclic) bond motifs is 2. The molecule has 0 aromatic heterocycles. The molecule has 0 unspecified atom stereocenters. The van der Waals surface area contributed by atoms with Gasteiger partial charge in [0.15, 0.2) is 0 Å². The maximum absolute atomic E-state index is 13.0. The number of rotatable bonds is 4. The summed E-state index contributed by atoms with van der Waals surface area (Å²) in [5, 5.41) is 0. The average Bonchev–Trinajstić information content (AvgIpc) is 3.05. The van der Waals surface area contributed by atoms with Crippen LogP contribution in [0.4, 0.5) is 0 Å². The quantitative estimate of drug-likeness (QED) is 0.797. The Morgan fingerprint density at radius 3 is 2.67 bits per heavy atom. The van der Waals surface area contributed by atoms with Crippen LogP contribution in [0.2, 0.25) is 0 Å². The second kappa shape index (κ2) is 5.38. The molecular formula is C17H29N3O. The Hall–Kier alpha value is -0.900. The van der Waals surface area contributed by atoms with E-state index in [2.05, 4.69) is 32.6 Å². The molecule has 0 aromatic rings. The van der Waals surface area contributed by atoms with Gasteiger partial charge in [0.1, 0.15) is 11.4 Å². The molecule has 1 saturated carbocycles. The van der Waals surface area contributed by atoms with Crippen molar-refractivity contribution < 1.29 is 4.79 Å². The Morgan fingerprint density at radius 1 is 1.33 bits per heavy atom. The van der Waals surface area contributed by atoms with Gasteiger partial charge in [-0.25, -0.2) is 0 Å². The predicted molar refractivity (Wildman–Crippen MR) is 85.3 cm³/mol. The highest BCUT2D eigenvalue weighted by Crippen LogP contribution is 2.50. The maximum Gasteiger partial charge on any atom is 0.256 e. The molecule has 0 N–H and O–H groups in total. The molecule has 21 heavy (non-hydrogen) atoms. The largest absolute Gasteiger partial charge is 0.302 e. The third-order valence-electron chi connectivity index (χ3n) is 5.54. The van der Waals surface area contributed by atoms with E-state index in [4.69, 9.17) is 4.99 Å². The first kappa shape index (κ1) is 15.0. The Labute approximate surface area is 128 Å². The zero-order chi connectivity index (χ0) is 15.2. The number of carbonyl (C=O) groups excluding carboxylic acids is 1. The van der Waals surface area contributed by atoms with E-state index in [0.29, 0.717) is 23.7 Å². The minimum atomic E-state index is -0.405. The molecule has 2 fully saturated rings. The van der Waals surface area contributed by atoms with Crippen LogP contribution in [-0.2, 0) is 4.79 Å². The molecule has 1 spiro atoms. The summed E-state index contributed by atoms with van der Waals surface area (Å²) in [5.74, 6) is 3.13. The highest BCUT2D eigenvalue weighted by atomic mass is 16.2. The zero-order valence-corrected chi connectivity index (χ0v) is 13.9. The Kier molecular flexibility index (Phi) is 3.85. The minimum absolute atomic E-state index is 0.292. The number of likely N-dealkylation sites (N-methyl/N-ethyl adjacent to an activating group) is 1. The van der Waals surface area contributed by atoms with Crippen LogP contribution in [0.15, 0.2) is 4.99 Å². The van der Waals surface area contributed by atoms with Crippen molar-refractivity contribution in [2.45, 2.75) is 52.5 Å². The summed E-state index contributed by atoms with van der Waals surface area (Å²) < 4.78 is 0. The van der Waals surface area contributed by atoms with Crippen molar-refractivity contribution in [3.63, 3.8) is 0 Å². The van der Waals surface area contributed by atoms with E-state index in [0.717, 1.165) is 38.3 Å². The lowest BCUT2D eigenvalue weighted by atomic mass is 9.85. The van der Waals surface area contributed by atoms with Gasteiger partial charge in [-0.1, -0.05) is 20.8 Å². The van der Waals surface area contributed by atoms with Crippen LogP contribution in [0, 0.1) is 17.8 Å². The highest BCUT2D eigenvalue weighted by molar-refractivity contribution is 6.08. The number of amidine groups is 1. The van der Waals surface area contributed by atoms with Crippen molar-refractivity contribution in [2.24, 2.45) is 22.7 Å². The summed E-state index contributed by atoms with van der Waals surface area (Å²) in [6.45, 7) is 12.9. The summed E-state index contributed by atoms with van der Waals surface area (Å²) in [4.78, 5) is 22.5. The molecule has 1 amide bonds. The normalized spacial score (nSPS) is 36.1. The molecule has 0 aromatic carbocycles. The summed E-state index contributed by atoms with van der Waals surface area (Å²) in [6, 6.07) is 0. The molecule has 0 bridgehead atoms. The second-order valence-electron chi connectivity index (χ2n) is 7.37. The van der Waals surface area contributed by atoms with Gasteiger partial charge in [0.2, 0.25) is 0 Å². The van der Waals surface area contributed by atoms with Crippen LogP contribution < -0.4 is 0 Å². The summed E-state index contributed by atoms with van der Waals surface area (Å²) >= 11 is 0. The number of aliphatic imine (C=N–C) groups is 1. The smallest absolute Gasteiger partial charge is 0.256 e. The minimum Gasteiger partial charge on any atom is -0.302 e. The Balaban J connectivity index is 1.83. The van der Waals surface area contributed by atoms with Crippen molar-refractivity contribution in [3.05, 3.63) is 0 Å². The summed E-state index contributed by atoms with van der Waals surface area (Å²) in [5.41, 5.74) is -0.405. The molecule has 3 rings (SSSR count). The van der Waals surface area contributed by atoms with Gasteiger partial charge in [0.25, 0.3) is 5.91 Å². The SMILES string of the molecule is CCC1=N[C@]2(CC[C@H]3CN(CC(C)C)C[C@H]32)C(=O)N1CC. The van der Waals surface area contributed by atoms with Gasteiger partial charge in [0, 0.05) is 38.5 Å². The zero-order valence-electron chi connectivity index (χ0n) is 13.9. The van der Waals surface area contributed by atoms with Crippen molar-refractivity contribution in [1.82, 2.24) is 9.80 Å². The molecule has 4 heteroatoms. The van der Waals surface area contributed by atoms with Gasteiger partial charge in [-0.2, -0.15) is 0 Å². The van der Waals surface area contributed by atoms with Gasteiger partial charge in [-0.15, -0.1) is 0 Å². The number of amides is 1. The first-order valence-electron chi connectivity index (χ1n) is 8.64. The van der Waals surface area contributed by atoms with Gasteiger partial charge in [0.05, 0.1) is 0 Å². The third-order valence-corrected chi connectivity index (χ3v) is 5.54. The molecule has 118 valence electrons. The molecule has 1 saturated heterocycles. The molecule has 3 aliphatic rings. The van der Waals surface area contributed by atoms with E-state index >= 15 is 0 Å². The molecular weight excluding hydrogens is 262 g/mol. The molecule has 1 aliphatic carbocycles. The average molecular weight is 291 g/mol. The van der Waals surface area contributed by atoms with E-state index in [1.54, 1.807) is 0 Å². The summed E-state index contributed by atoms with van der Waals surface area (Å²) in [7, 11) is 0. The first-order chi connectivity index (χ1) is 10.0. The molecule has 2 heterocycles. The van der Waals surface area contributed by atoms with Gasteiger partial charge >= 0.3 is 0 Å². The number of carbonyl (C=O) groups is 1. The Bertz CT molecular complexity index is 459. The Morgan fingerprint density at radius 2 is 2.10 bits per heavy atom. The fourth-order valence-corrected chi connectivity index (χ4v) is 4.74. The van der Waals surface area contributed by atoms with Crippen molar-refractivity contribution >= 4 is 11.7 Å². The lowest BCUT2D eigenvalue weighted by Gasteiger charge is -2.28. The van der Waals surface area contributed by atoms with Crippen LogP contribution in [-0.4, -0.2) is 53.3 Å². The van der Waals surface area contributed by atoms with Crippen LogP contribution in [0.1, 0.15) is 47.0 Å². The van der Waals surface area contributed by atoms with Crippen molar-refractivity contribution in [1.29, 1.82) is 0 Å². The van der Waals surface area contributed by atoms with Crippen LogP contribution in [0.25, 0.3) is 0 Å². The topological polar surface area (TPSA) is 35.9 Å². The molecule has 0 radical (unpaired) electrons. The molecule has 2 aliphatic heterocycles. The fourth-order valence-electron chi connectivity index (χ4n) is 4.74. The third kappa shape index (κ3) is 2.23. The number of nitrogens with zero attached hydrogens (tertiary/aromatic N) is 3. The van der Waals surface area contributed by atoms with Crippen molar-refractivity contribution in [2.75, 3.05) is 26.2 Å². The summed E-state index contributed by atoms with van der Waals surface area (Å²) in [6.07, 6.45) is 3.01. The lowest BCUT2D eigenvalue weighted by molar-refractivity contribution is -0.132. The van der Waals surface area contributed by atoms with E-state index in [9.17, 15) is 4.79 Å². The van der Waals surface area contributed by atoms with Gasteiger partial charge in [-0.3, -0.25) is 14.7 Å². The number of hydrogen-bond acceptors (Lipinski definition) is 3. The van der Waals surface area contributed by atoms with Crippen LogP contribution >= 0.6 is 0 Å². The fraction of sp³-hybridized carbons (Fsp3) is 0.882. The standard InChI is InChI=1S/C17H29N3O/c1-5-15-18-17(16(21)20(15)6-2)8-7-13-10-19(9-12(3)4)11-14(13)17/h12-14H,5-11H2,1-4H3/t13-,14+,17-/m0/s1.